The van der Waals surface area contributed by atoms with E-state index in [-0.39, 0.29) is 0 Å². The third-order valence-electron chi connectivity index (χ3n) is 4.60. The summed E-state index contributed by atoms with van der Waals surface area (Å²) in [5.74, 6) is -0.457. The lowest BCUT2D eigenvalue weighted by Crippen LogP contribution is -2.33. The van der Waals surface area contributed by atoms with Gasteiger partial charge in [-0.25, -0.2) is 9.97 Å². The van der Waals surface area contributed by atoms with Gasteiger partial charge in [0.1, 0.15) is 0 Å². The Labute approximate surface area is 150 Å². The van der Waals surface area contributed by atoms with Crippen molar-refractivity contribution >= 4 is 26.7 Å². The maximum atomic E-state index is 13.3. The Balaban J connectivity index is 1.44. The molecule has 0 bridgehead atoms. The molecule has 1 aliphatic rings. The number of anilines is 1. The number of hydrogen-bond donors (Lipinski definition) is 1. The number of rotatable bonds is 5. The highest BCUT2D eigenvalue weighted by molar-refractivity contribution is 7.22. The van der Waals surface area contributed by atoms with Crippen LogP contribution in [0.15, 0.2) is 36.5 Å². The lowest BCUT2D eigenvalue weighted by atomic mass is 10.1. The molecular formula is C19H21FN4S. The van der Waals surface area contributed by atoms with Crippen molar-refractivity contribution in [1.29, 1.82) is 0 Å². The Hall–Kier alpha value is -2.05. The normalized spacial score (nSPS) is 15.6. The van der Waals surface area contributed by atoms with Crippen LogP contribution in [0.5, 0.6) is 0 Å². The van der Waals surface area contributed by atoms with E-state index in [2.05, 4.69) is 26.3 Å². The number of likely N-dealkylation sites (tertiary alicyclic amines) is 1. The van der Waals surface area contributed by atoms with E-state index in [0.29, 0.717) is 0 Å². The summed E-state index contributed by atoms with van der Waals surface area (Å²) < 4.78 is 14.4. The molecule has 25 heavy (non-hydrogen) atoms. The Morgan fingerprint density at radius 1 is 1.08 bits per heavy atom. The van der Waals surface area contributed by atoms with Gasteiger partial charge in [-0.1, -0.05) is 23.8 Å². The maximum Gasteiger partial charge on any atom is 0.213 e. The molecule has 0 amide bonds. The second kappa shape index (κ2) is 7.45. The average Bonchev–Trinajstić information content (AvgIpc) is 3.04. The molecule has 1 aromatic carbocycles. The molecule has 4 rings (SSSR count). The van der Waals surface area contributed by atoms with Gasteiger partial charge in [-0.05, 0) is 55.3 Å². The highest BCUT2D eigenvalue weighted by atomic mass is 32.1. The third-order valence-corrected chi connectivity index (χ3v) is 5.58. The first-order valence-corrected chi connectivity index (χ1v) is 9.58. The van der Waals surface area contributed by atoms with Gasteiger partial charge in [0.15, 0.2) is 5.13 Å². The highest BCUT2D eigenvalue weighted by Crippen LogP contribution is 2.30. The molecule has 0 radical (unpaired) electrons. The first-order valence-electron chi connectivity index (χ1n) is 8.77. The SMILES string of the molecule is Fc1cc(-c2ccc3nc(NCCN4CCCCC4)sc3c2)ccn1. The number of nitrogens with zero attached hydrogens (tertiary/aromatic N) is 3. The Morgan fingerprint density at radius 3 is 2.76 bits per heavy atom. The zero-order valence-electron chi connectivity index (χ0n) is 14.0. The standard InChI is InChI=1S/C19H21FN4S/c20-18-13-15(6-7-21-18)14-4-5-16-17(12-14)25-19(23-16)22-8-11-24-9-2-1-3-10-24/h4-7,12-13H,1-3,8-11H2,(H,22,23). The molecule has 4 nitrogen and oxygen atoms in total. The predicted octanol–water partition coefficient (Wildman–Crippen LogP) is 4.40. The first-order chi connectivity index (χ1) is 12.3. The zero-order valence-corrected chi connectivity index (χ0v) is 14.9. The molecule has 2 aromatic heterocycles. The molecule has 1 fully saturated rings. The summed E-state index contributed by atoms with van der Waals surface area (Å²) in [5.41, 5.74) is 2.79. The van der Waals surface area contributed by atoms with E-state index in [1.165, 1.54) is 44.6 Å². The fourth-order valence-electron chi connectivity index (χ4n) is 3.27. The lowest BCUT2D eigenvalue weighted by molar-refractivity contribution is 0.237. The van der Waals surface area contributed by atoms with Crippen molar-refractivity contribution in [3.63, 3.8) is 0 Å². The van der Waals surface area contributed by atoms with Gasteiger partial charge in [0.2, 0.25) is 5.95 Å². The molecule has 1 aliphatic heterocycles. The minimum atomic E-state index is -0.457. The van der Waals surface area contributed by atoms with Crippen molar-refractivity contribution in [3.05, 3.63) is 42.5 Å². The van der Waals surface area contributed by atoms with Gasteiger partial charge in [0.05, 0.1) is 10.2 Å². The highest BCUT2D eigenvalue weighted by Gasteiger charge is 2.10. The second-order valence-electron chi connectivity index (χ2n) is 6.40. The average molecular weight is 356 g/mol. The van der Waals surface area contributed by atoms with E-state index in [0.717, 1.165) is 39.6 Å². The van der Waals surface area contributed by atoms with Gasteiger partial charge in [-0.15, -0.1) is 0 Å². The minimum absolute atomic E-state index is 0.457. The molecule has 3 heterocycles. The van der Waals surface area contributed by atoms with Crippen LogP contribution in [-0.2, 0) is 0 Å². The number of thiazole rings is 1. The molecule has 6 heteroatoms. The molecular weight excluding hydrogens is 335 g/mol. The van der Waals surface area contributed by atoms with Crippen molar-refractivity contribution in [3.8, 4) is 11.1 Å². The smallest absolute Gasteiger partial charge is 0.213 e. The van der Waals surface area contributed by atoms with Crippen LogP contribution in [-0.4, -0.2) is 41.0 Å². The van der Waals surface area contributed by atoms with Crippen LogP contribution in [0.4, 0.5) is 9.52 Å². The van der Waals surface area contributed by atoms with Crippen LogP contribution in [0.2, 0.25) is 0 Å². The van der Waals surface area contributed by atoms with Crippen LogP contribution in [0, 0.1) is 5.95 Å². The largest absolute Gasteiger partial charge is 0.360 e. The van der Waals surface area contributed by atoms with Crippen molar-refractivity contribution < 1.29 is 4.39 Å². The van der Waals surface area contributed by atoms with E-state index in [1.807, 2.05) is 18.2 Å². The summed E-state index contributed by atoms with van der Waals surface area (Å²) in [6.07, 6.45) is 5.50. The van der Waals surface area contributed by atoms with E-state index >= 15 is 0 Å². The summed E-state index contributed by atoms with van der Waals surface area (Å²) in [5, 5.41) is 4.39. The van der Waals surface area contributed by atoms with Crippen LogP contribution in [0.3, 0.4) is 0 Å². The fourth-order valence-corrected chi connectivity index (χ4v) is 4.20. The summed E-state index contributed by atoms with van der Waals surface area (Å²) in [4.78, 5) is 10.8. The fraction of sp³-hybridized carbons (Fsp3) is 0.368. The number of hydrogen-bond acceptors (Lipinski definition) is 5. The Bertz CT molecular complexity index is 858. The monoisotopic (exact) mass is 356 g/mol. The number of fused-ring (bicyclic) bond motifs is 1. The molecule has 1 N–H and O–H groups in total. The van der Waals surface area contributed by atoms with E-state index in [9.17, 15) is 4.39 Å². The van der Waals surface area contributed by atoms with Gasteiger partial charge >= 0.3 is 0 Å². The predicted molar refractivity (Wildman–Crippen MR) is 102 cm³/mol. The Morgan fingerprint density at radius 2 is 1.92 bits per heavy atom. The summed E-state index contributed by atoms with van der Waals surface area (Å²) in [7, 11) is 0. The molecule has 0 spiro atoms. The van der Waals surface area contributed by atoms with Gasteiger partial charge in [-0.2, -0.15) is 4.39 Å². The molecule has 130 valence electrons. The van der Waals surface area contributed by atoms with Gasteiger partial charge in [-0.3, -0.25) is 0 Å². The summed E-state index contributed by atoms with van der Waals surface area (Å²) in [6.45, 7) is 4.42. The quantitative estimate of drug-likeness (QED) is 0.688. The second-order valence-corrected chi connectivity index (χ2v) is 7.43. The molecule has 3 aromatic rings. The summed E-state index contributed by atoms with van der Waals surface area (Å²) in [6, 6.07) is 9.32. The van der Waals surface area contributed by atoms with Crippen molar-refractivity contribution in [2.45, 2.75) is 19.3 Å². The summed E-state index contributed by atoms with van der Waals surface area (Å²) >= 11 is 1.65. The van der Waals surface area contributed by atoms with Crippen LogP contribution < -0.4 is 5.32 Å². The van der Waals surface area contributed by atoms with E-state index in [1.54, 1.807) is 11.3 Å². The Kier molecular flexibility index (Phi) is 4.90. The van der Waals surface area contributed by atoms with Crippen LogP contribution in [0.25, 0.3) is 21.3 Å². The van der Waals surface area contributed by atoms with E-state index < -0.39 is 5.95 Å². The molecule has 0 unspecified atom stereocenters. The van der Waals surface area contributed by atoms with Crippen molar-refractivity contribution in [1.82, 2.24) is 14.9 Å². The minimum Gasteiger partial charge on any atom is -0.360 e. The maximum absolute atomic E-state index is 13.3. The third kappa shape index (κ3) is 3.96. The van der Waals surface area contributed by atoms with Gasteiger partial charge in [0, 0.05) is 25.4 Å². The number of halogens is 1. The number of pyridine rings is 1. The zero-order chi connectivity index (χ0) is 17.1. The number of nitrogens with one attached hydrogen (secondary N) is 1. The molecule has 0 atom stereocenters. The van der Waals surface area contributed by atoms with Gasteiger partial charge < -0.3 is 10.2 Å². The molecule has 0 saturated carbocycles. The number of piperidine rings is 1. The number of benzene rings is 1. The topological polar surface area (TPSA) is 41.1 Å². The van der Waals surface area contributed by atoms with E-state index in [4.69, 9.17) is 0 Å². The van der Waals surface area contributed by atoms with Crippen molar-refractivity contribution in [2.75, 3.05) is 31.5 Å². The van der Waals surface area contributed by atoms with Crippen LogP contribution in [0.1, 0.15) is 19.3 Å². The van der Waals surface area contributed by atoms with Crippen LogP contribution >= 0.6 is 11.3 Å². The number of aromatic nitrogens is 2. The molecule has 1 saturated heterocycles. The van der Waals surface area contributed by atoms with Gasteiger partial charge in [0.25, 0.3) is 0 Å². The van der Waals surface area contributed by atoms with Crippen molar-refractivity contribution in [2.24, 2.45) is 0 Å². The molecule has 0 aliphatic carbocycles. The lowest BCUT2D eigenvalue weighted by Gasteiger charge is -2.26. The first kappa shape index (κ1) is 16.4.